The third-order valence-corrected chi connectivity index (χ3v) is 3.72. The molecule has 1 saturated heterocycles. The number of nitrogens with zero attached hydrogens (tertiary/aromatic N) is 3. The molecule has 2 rings (SSSR count). The van der Waals surface area contributed by atoms with E-state index in [1.807, 2.05) is 11.5 Å². The predicted molar refractivity (Wildman–Crippen MR) is 86.9 cm³/mol. The number of hydrogen-bond acceptors (Lipinski definition) is 4. The minimum Gasteiger partial charge on any atom is -0.349 e. The average molecular weight is 338 g/mol. The zero-order valence-corrected chi connectivity index (χ0v) is 14.0. The number of piperidine rings is 1. The van der Waals surface area contributed by atoms with Crippen molar-refractivity contribution in [3.8, 4) is 0 Å². The van der Waals surface area contributed by atoms with E-state index in [0.717, 1.165) is 31.9 Å². The van der Waals surface area contributed by atoms with Gasteiger partial charge < -0.3 is 15.2 Å². The van der Waals surface area contributed by atoms with Gasteiger partial charge in [-0.15, -0.1) is 35.0 Å². The highest BCUT2D eigenvalue weighted by molar-refractivity contribution is 5.85. The summed E-state index contributed by atoms with van der Waals surface area (Å²) in [5, 5.41) is 14.1. The lowest BCUT2D eigenvalue weighted by atomic mass is 9.93. The minimum absolute atomic E-state index is 0. The van der Waals surface area contributed by atoms with E-state index in [2.05, 4.69) is 20.8 Å². The summed E-state index contributed by atoms with van der Waals surface area (Å²) in [6.07, 6.45) is 5.68. The van der Waals surface area contributed by atoms with E-state index in [4.69, 9.17) is 0 Å². The topological polar surface area (TPSA) is 71.8 Å². The van der Waals surface area contributed by atoms with Crippen LogP contribution in [0.25, 0.3) is 0 Å². The van der Waals surface area contributed by atoms with Gasteiger partial charge in [-0.05, 0) is 45.2 Å². The van der Waals surface area contributed by atoms with Crippen LogP contribution in [0.4, 0.5) is 0 Å². The normalized spacial score (nSPS) is 14.9. The monoisotopic (exact) mass is 337 g/mol. The summed E-state index contributed by atoms with van der Waals surface area (Å²) in [6, 6.07) is 0. The first-order valence-electron chi connectivity index (χ1n) is 7.13. The van der Waals surface area contributed by atoms with Crippen LogP contribution in [0.5, 0.6) is 0 Å². The average Bonchev–Trinajstić information content (AvgIpc) is 2.91. The van der Waals surface area contributed by atoms with Gasteiger partial charge in [-0.1, -0.05) is 0 Å². The van der Waals surface area contributed by atoms with E-state index in [9.17, 15) is 4.79 Å². The maximum atomic E-state index is 11.8. The van der Waals surface area contributed by atoms with Crippen molar-refractivity contribution in [2.24, 2.45) is 5.92 Å². The highest BCUT2D eigenvalue weighted by Crippen LogP contribution is 2.17. The van der Waals surface area contributed by atoms with E-state index in [1.165, 1.54) is 12.8 Å². The molecule has 0 unspecified atom stereocenters. The molecule has 0 spiro atoms. The molecule has 1 aromatic rings. The molecule has 8 heteroatoms. The highest BCUT2D eigenvalue weighted by Gasteiger charge is 2.14. The third-order valence-electron chi connectivity index (χ3n) is 3.72. The predicted octanol–water partition coefficient (Wildman–Crippen LogP) is 1.54. The van der Waals surface area contributed by atoms with Crippen molar-refractivity contribution in [3.05, 3.63) is 12.2 Å². The Labute approximate surface area is 138 Å². The van der Waals surface area contributed by atoms with E-state index in [-0.39, 0.29) is 30.7 Å². The molecule has 0 radical (unpaired) electrons. The maximum Gasteiger partial charge on any atom is 0.220 e. The van der Waals surface area contributed by atoms with Gasteiger partial charge >= 0.3 is 0 Å². The maximum absolute atomic E-state index is 11.8. The molecule has 0 aliphatic carbocycles. The second-order valence-electron chi connectivity index (χ2n) is 5.04. The Kier molecular flexibility index (Phi) is 10.4. The molecule has 1 aliphatic rings. The van der Waals surface area contributed by atoms with Gasteiger partial charge in [0.1, 0.15) is 6.33 Å². The molecule has 0 saturated carbocycles. The van der Waals surface area contributed by atoms with Crippen molar-refractivity contribution in [3.63, 3.8) is 0 Å². The Bertz CT molecular complexity index is 407. The standard InChI is InChI=1S/C13H23N5O.2ClH/c1-2-18-10-16-17-12(18)9-15-13(19)4-3-11-5-7-14-8-6-11;;/h10-11,14H,2-9H2,1H3,(H,15,19);2*1H. The molecule has 2 heterocycles. The number of rotatable bonds is 6. The summed E-state index contributed by atoms with van der Waals surface area (Å²) < 4.78 is 1.94. The zero-order chi connectivity index (χ0) is 13.5. The van der Waals surface area contributed by atoms with Crippen LogP contribution in [0.2, 0.25) is 0 Å². The molecule has 2 N–H and O–H groups in total. The summed E-state index contributed by atoms with van der Waals surface area (Å²) in [7, 11) is 0. The van der Waals surface area contributed by atoms with Gasteiger partial charge in [0.25, 0.3) is 0 Å². The lowest BCUT2D eigenvalue weighted by Gasteiger charge is -2.22. The van der Waals surface area contributed by atoms with Gasteiger partial charge in [0.2, 0.25) is 5.91 Å². The first-order valence-corrected chi connectivity index (χ1v) is 7.13. The number of carbonyl (C=O) groups excluding carboxylic acids is 1. The van der Waals surface area contributed by atoms with Crippen molar-refractivity contribution in [2.75, 3.05) is 13.1 Å². The van der Waals surface area contributed by atoms with E-state index < -0.39 is 0 Å². The Morgan fingerprint density at radius 2 is 2.14 bits per heavy atom. The van der Waals surface area contributed by atoms with E-state index >= 15 is 0 Å². The number of aryl methyl sites for hydroxylation is 1. The van der Waals surface area contributed by atoms with Gasteiger partial charge in [-0.3, -0.25) is 4.79 Å². The van der Waals surface area contributed by atoms with Crippen LogP contribution in [0.3, 0.4) is 0 Å². The highest BCUT2D eigenvalue weighted by atomic mass is 35.5. The van der Waals surface area contributed by atoms with Crippen molar-refractivity contribution in [1.29, 1.82) is 0 Å². The second-order valence-corrected chi connectivity index (χ2v) is 5.04. The van der Waals surface area contributed by atoms with Crippen LogP contribution >= 0.6 is 24.8 Å². The van der Waals surface area contributed by atoms with Crippen LogP contribution < -0.4 is 10.6 Å². The SMILES string of the molecule is CCn1cnnc1CNC(=O)CCC1CCNCC1.Cl.Cl. The largest absolute Gasteiger partial charge is 0.349 e. The number of carbonyl (C=O) groups is 1. The molecule has 1 fully saturated rings. The summed E-state index contributed by atoms with van der Waals surface area (Å²) in [4.78, 5) is 11.8. The Morgan fingerprint density at radius 1 is 1.43 bits per heavy atom. The fourth-order valence-electron chi connectivity index (χ4n) is 2.45. The molecule has 21 heavy (non-hydrogen) atoms. The summed E-state index contributed by atoms with van der Waals surface area (Å²) >= 11 is 0. The Balaban J connectivity index is 0.00000200. The number of amides is 1. The Morgan fingerprint density at radius 3 is 2.81 bits per heavy atom. The second kappa shape index (κ2) is 10.8. The fourth-order valence-corrected chi connectivity index (χ4v) is 2.45. The molecule has 0 bridgehead atoms. The molecule has 122 valence electrons. The molecule has 1 amide bonds. The summed E-state index contributed by atoms with van der Waals surface area (Å²) in [6.45, 7) is 5.51. The van der Waals surface area contributed by atoms with Gasteiger partial charge in [0, 0.05) is 13.0 Å². The lowest BCUT2D eigenvalue weighted by molar-refractivity contribution is -0.121. The van der Waals surface area contributed by atoms with Gasteiger partial charge in [-0.2, -0.15) is 0 Å². The molecule has 1 aromatic heterocycles. The van der Waals surface area contributed by atoms with Crippen molar-refractivity contribution in [2.45, 2.75) is 45.7 Å². The van der Waals surface area contributed by atoms with Gasteiger partial charge in [0.15, 0.2) is 5.82 Å². The molecular weight excluding hydrogens is 313 g/mol. The van der Waals surface area contributed by atoms with E-state index in [0.29, 0.717) is 18.9 Å². The third kappa shape index (κ3) is 6.63. The molecule has 1 aliphatic heterocycles. The number of nitrogens with one attached hydrogen (secondary N) is 2. The first kappa shape index (κ1) is 20.1. The number of aromatic nitrogens is 3. The molecule has 0 atom stereocenters. The summed E-state index contributed by atoms with van der Waals surface area (Å²) in [5.41, 5.74) is 0. The van der Waals surface area contributed by atoms with Gasteiger partial charge in [0.05, 0.1) is 6.54 Å². The molecular formula is C13H25Cl2N5O. The van der Waals surface area contributed by atoms with Crippen molar-refractivity contribution < 1.29 is 4.79 Å². The van der Waals surface area contributed by atoms with Crippen LogP contribution in [-0.4, -0.2) is 33.8 Å². The first-order chi connectivity index (χ1) is 9.29. The Hall–Kier alpha value is -0.850. The molecule has 6 nitrogen and oxygen atoms in total. The van der Waals surface area contributed by atoms with Crippen molar-refractivity contribution in [1.82, 2.24) is 25.4 Å². The minimum atomic E-state index is 0. The number of halogens is 2. The zero-order valence-electron chi connectivity index (χ0n) is 12.4. The van der Waals surface area contributed by atoms with Crippen LogP contribution in [0.1, 0.15) is 38.4 Å². The summed E-state index contributed by atoms with van der Waals surface area (Å²) in [5.74, 6) is 1.63. The number of hydrogen-bond donors (Lipinski definition) is 2. The lowest BCUT2D eigenvalue weighted by Crippen LogP contribution is -2.29. The van der Waals surface area contributed by atoms with Crippen LogP contribution in [-0.2, 0) is 17.9 Å². The smallest absolute Gasteiger partial charge is 0.220 e. The van der Waals surface area contributed by atoms with Crippen LogP contribution in [0.15, 0.2) is 6.33 Å². The molecule has 0 aromatic carbocycles. The quantitative estimate of drug-likeness (QED) is 0.825. The van der Waals surface area contributed by atoms with Gasteiger partial charge in [-0.25, -0.2) is 0 Å². The van der Waals surface area contributed by atoms with Crippen LogP contribution in [0, 0.1) is 5.92 Å². The van der Waals surface area contributed by atoms with Crippen molar-refractivity contribution >= 4 is 30.7 Å². The fraction of sp³-hybridized carbons (Fsp3) is 0.769. The van der Waals surface area contributed by atoms with E-state index in [1.54, 1.807) is 6.33 Å².